The van der Waals surface area contributed by atoms with E-state index in [1.165, 1.54) is 29.2 Å². The highest BCUT2D eigenvalue weighted by Crippen LogP contribution is 2.25. The predicted octanol–water partition coefficient (Wildman–Crippen LogP) is 10.1. The van der Waals surface area contributed by atoms with Crippen LogP contribution >= 0.6 is 46.4 Å². The van der Waals surface area contributed by atoms with Crippen molar-refractivity contribution in [3.05, 3.63) is 152 Å². The molecule has 5 nitrogen and oxygen atoms in total. The van der Waals surface area contributed by atoms with E-state index < -0.39 is 0 Å². The molecule has 0 aliphatic heterocycles. The maximum Gasteiger partial charge on any atom is 0.253 e. The Morgan fingerprint density at radius 1 is 0.646 bits per heavy atom. The minimum Gasteiger partial charge on any atom is -0.341 e. The number of halogens is 6. The number of allylic oxidation sites excluding steroid dienone is 1. The lowest BCUT2D eigenvalue weighted by Crippen LogP contribution is -2.31. The highest BCUT2D eigenvalue weighted by molar-refractivity contribution is 6.35. The van der Waals surface area contributed by atoms with E-state index in [1.807, 2.05) is 0 Å². The standard InChI is InChI=1S/C19H18Cl2FNO.C18H16Cl2FNO2/c1-3-4-14(13-5-7-18(22)8-6-13)12-23(2)19(24)15-9-16(20)11-17(21)10-15;1-22(18(24)14-8-15(19)10-16(20)9-14)11-13(6-7-23)12-2-4-17(21)5-3-12/h3,5-11,14H,1,4,12H2,2H3;2-5,7-10,13H,6,11H2,1H3/t14-;13-/m11/s1. The van der Waals surface area contributed by atoms with Crippen molar-refractivity contribution >= 4 is 64.5 Å². The number of hydrogen-bond donors (Lipinski definition) is 0. The first-order chi connectivity index (χ1) is 22.8. The molecule has 48 heavy (non-hydrogen) atoms. The second-order valence-electron chi connectivity index (χ2n) is 11.1. The molecule has 0 unspecified atom stereocenters. The molecular weight excluding hydrogens is 700 g/mol. The molecule has 2 amide bonds. The highest BCUT2D eigenvalue weighted by Gasteiger charge is 2.20. The van der Waals surface area contributed by atoms with Crippen LogP contribution < -0.4 is 0 Å². The molecule has 11 heteroatoms. The molecule has 0 saturated carbocycles. The van der Waals surface area contributed by atoms with Crippen LogP contribution in [0, 0.1) is 11.6 Å². The van der Waals surface area contributed by atoms with Gasteiger partial charge in [0.2, 0.25) is 0 Å². The zero-order valence-electron chi connectivity index (χ0n) is 26.3. The second-order valence-corrected chi connectivity index (χ2v) is 12.9. The van der Waals surface area contributed by atoms with E-state index in [-0.39, 0.29) is 41.7 Å². The maximum absolute atomic E-state index is 13.1. The van der Waals surface area contributed by atoms with Gasteiger partial charge in [-0.05, 0) is 78.2 Å². The number of nitrogens with zero attached hydrogens (tertiary/aromatic N) is 2. The molecule has 0 saturated heterocycles. The van der Waals surface area contributed by atoms with E-state index in [2.05, 4.69) is 6.58 Å². The van der Waals surface area contributed by atoms with Gasteiger partial charge in [-0.25, -0.2) is 8.78 Å². The Balaban J connectivity index is 0.000000260. The van der Waals surface area contributed by atoms with Gasteiger partial charge in [0.15, 0.2) is 0 Å². The average molecular weight is 734 g/mol. The smallest absolute Gasteiger partial charge is 0.253 e. The molecule has 4 aromatic carbocycles. The zero-order chi connectivity index (χ0) is 35.4. The van der Waals surface area contributed by atoms with Crippen LogP contribution in [0.4, 0.5) is 8.78 Å². The predicted molar refractivity (Wildman–Crippen MR) is 191 cm³/mol. The Morgan fingerprint density at radius 3 is 1.29 bits per heavy atom. The van der Waals surface area contributed by atoms with Crippen molar-refractivity contribution < 1.29 is 23.2 Å². The second kappa shape index (κ2) is 18.7. The van der Waals surface area contributed by atoms with Crippen LogP contribution in [-0.4, -0.2) is 55.1 Å². The van der Waals surface area contributed by atoms with E-state index in [9.17, 15) is 23.2 Å². The van der Waals surface area contributed by atoms with Gasteiger partial charge < -0.3 is 14.6 Å². The summed E-state index contributed by atoms with van der Waals surface area (Å²) in [6, 6.07) is 21.6. The molecular formula is C37H34Cl4F2N2O3. The van der Waals surface area contributed by atoms with E-state index in [0.29, 0.717) is 50.7 Å². The summed E-state index contributed by atoms with van der Waals surface area (Å²) in [5.41, 5.74) is 2.57. The lowest BCUT2D eigenvalue weighted by Gasteiger charge is -2.24. The number of likely N-dealkylation sites (N-methyl/N-ethyl adjacent to an activating group) is 2. The Morgan fingerprint density at radius 2 is 0.979 bits per heavy atom. The Labute approximate surface area is 299 Å². The van der Waals surface area contributed by atoms with Crippen LogP contribution in [0.3, 0.4) is 0 Å². The van der Waals surface area contributed by atoms with Crippen LogP contribution in [0.25, 0.3) is 0 Å². The lowest BCUT2D eigenvalue weighted by atomic mass is 9.95. The van der Waals surface area contributed by atoms with Gasteiger partial charge in [-0.1, -0.05) is 76.7 Å². The highest BCUT2D eigenvalue weighted by atomic mass is 35.5. The molecule has 2 atom stereocenters. The fourth-order valence-electron chi connectivity index (χ4n) is 5.04. The van der Waals surface area contributed by atoms with Crippen molar-refractivity contribution in [2.75, 3.05) is 27.2 Å². The molecule has 0 aliphatic carbocycles. The van der Waals surface area contributed by atoms with Gasteiger partial charge in [-0.15, -0.1) is 6.58 Å². The SMILES string of the molecule is C=CC[C@H](CN(C)C(=O)c1cc(Cl)cc(Cl)c1)c1ccc(F)cc1.CN(C[C@@H](CC=O)c1ccc(F)cc1)C(=O)c1cc(Cl)cc(Cl)c1. The minimum atomic E-state index is -0.346. The third kappa shape index (κ3) is 11.7. The van der Waals surface area contributed by atoms with E-state index in [0.717, 1.165) is 17.4 Å². The lowest BCUT2D eigenvalue weighted by molar-refractivity contribution is -0.108. The monoisotopic (exact) mass is 732 g/mol. The van der Waals surface area contributed by atoms with Crippen LogP contribution in [0.5, 0.6) is 0 Å². The van der Waals surface area contributed by atoms with Gasteiger partial charge in [0.05, 0.1) is 0 Å². The zero-order valence-corrected chi connectivity index (χ0v) is 29.3. The maximum atomic E-state index is 13.1. The molecule has 0 radical (unpaired) electrons. The Bertz CT molecular complexity index is 1550. The molecule has 0 N–H and O–H groups in total. The van der Waals surface area contributed by atoms with E-state index in [1.54, 1.807) is 85.7 Å². The summed E-state index contributed by atoms with van der Waals surface area (Å²) >= 11 is 23.8. The van der Waals surface area contributed by atoms with Gasteiger partial charge in [0, 0.05) is 76.7 Å². The summed E-state index contributed by atoms with van der Waals surface area (Å²) in [5, 5.41) is 1.59. The summed E-state index contributed by atoms with van der Waals surface area (Å²) in [6.45, 7) is 4.55. The fourth-order valence-corrected chi connectivity index (χ4v) is 6.09. The number of carbonyl (C=O) groups excluding carboxylic acids is 3. The van der Waals surface area contributed by atoms with Crippen molar-refractivity contribution in [2.45, 2.75) is 24.7 Å². The molecule has 0 heterocycles. The number of aldehydes is 1. The quantitative estimate of drug-likeness (QED) is 0.108. The van der Waals surface area contributed by atoms with Crippen molar-refractivity contribution in [3.8, 4) is 0 Å². The normalized spacial score (nSPS) is 11.8. The number of rotatable bonds is 12. The first-order valence-corrected chi connectivity index (χ1v) is 16.3. The summed E-state index contributed by atoms with van der Waals surface area (Å²) in [4.78, 5) is 39.2. The van der Waals surface area contributed by atoms with Crippen molar-refractivity contribution in [1.29, 1.82) is 0 Å². The number of amides is 2. The van der Waals surface area contributed by atoms with Gasteiger partial charge in [0.25, 0.3) is 11.8 Å². The molecule has 4 rings (SSSR count). The molecule has 0 fully saturated rings. The van der Waals surface area contributed by atoms with Crippen LogP contribution in [-0.2, 0) is 4.79 Å². The summed E-state index contributed by atoms with van der Waals surface area (Å²) in [5.74, 6) is -1.23. The largest absolute Gasteiger partial charge is 0.341 e. The van der Waals surface area contributed by atoms with Gasteiger partial charge in [0.1, 0.15) is 17.9 Å². The third-order valence-electron chi connectivity index (χ3n) is 7.42. The number of carbonyl (C=O) groups is 3. The molecule has 252 valence electrons. The number of benzene rings is 4. The van der Waals surface area contributed by atoms with Crippen molar-refractivity contribution in [2.24, 2.45) is 0 Å². The first-order valence-electron chi connectivity index (χ1n) is 14.8. The third-order valence-corrected chi connectivity index (χ3v) is 8.29. The van der Waals surface area contributed by atoms with Crippen LogP contribution in [0.1, 0.15) is 56.5 Å². The summed E-state index contributed by atoms with van der Waals surface area (Å²) in [6.07, 6.45) is 3.50. The molecule has 0 aromatic heterocycles. The van der Waals surface area contributed by atoms with Crippen LogP contribution in [0.2, 0.25) is 20.1 Å². The van der Waals surface area contributed by atoms with Gasteiger partial charge in [-0.2, -0.15) is 0 Å². The van der Waals surface area contributed by atoms with Crippen molar-refractivity contribution in [1.82, 2.24) is 9.80 Å². The first kappa shape index (κ1) is 38.7. The van der Waals surface area contributed by atoms with Crippen LogP contribution in [0.15, 0.2) is 97.6 Å². The van der Waals surface area contributed by atoms with E-state index in [4.69, 9.17) is 46.4 Å². The van der Waals surface area contributed by atoms with Gasteiger partial charge in [-0.3, -0.25) is 9.59 Å². The minimum absolute atomic E-state index is 0.0340. The molecule has 4 aromatic rings. The average Bonchev–Trinajstić information content (AvgIpc) is 3.03. The van der Waals surface area contributed by atoms with E-state index >= 15 is 0 Å². The Hall–Kier alpha value is -3.75. The Kier molecular flexibility index (Phi) is 15.1. The summed E-state index contributed by atoms with van der Waals surface area (Å²) < 4.78 is 26.2. The topological polar surface area (TPSA) is 57.7 Å². The molecule has 0 spiro atoms. The molecule has 0 bridgehead atoms. The molecule has 0 aliphatic rings. The van der Waals surface area contributed by atoms with Gasteiger partial charge >= 0.3 is 0 Å². The van der Waals surface area contributed by atoms with Crippen molar-refractivity contribution in [3.63, 3.8) is 0 Å². The summed E-state index contributed by atoms with van der Waals surface area (Å²) in [7, 11) is 3.36. The number of hydrogen-bond acceptors (Lipinski definition) is 3. The fraction of sp³-hybridized carbons (Fsp3) is 0.216.